The average Bonchev–Trinajstić information content (AvgIpc) is 2.69. The van der Waals surface area contributed by atoms with Crippen molar-refractivity contribution >= 4 is 29.1 Å². The molecule has 140 valence electrons. The second kappa shape index (κ2) is 8.18. The van der Waals surface area contributed by atoms with Crippen molar-refractivity contribution in [3.8, 4) is 22.6 Å². The molecule has 0 saturated carbocycles. The maximum absolute atomic E-state index is 15.0. The Morgan fingerprint density at radius 1 is 1.11 bits per heavy atom. The van der Waals surface area contributed by atoms with Crippen molar-refractivity contribution in [3.63, 3.8) is 0 Å². The minimum atomic E-state index is -0.618. The van der Waals surface area contributed by atoms with E-state index in [4.69, 9.17) is 25.8 Å². The molecule has 6 nitrogen and oxygen atoms in total. The van der Waals surface area contributed by atoms with Crippen LogP contribution in [0.5, 0.6) is 11.5 Å². The van der Waals surface area contributed by atoms with Crippen molar-refractivity contribution in [2.24, 2.45) is 0 Å². The van der Waals surface area contributed by atoms with Gasteiger partial charge in [-0.05, 0) is 5.56 Å². The molecule has 0 aliphatic rings. The monoisotopic (exact) mass is 390 g/mol. The van der Waals surface area contributed by atoms with E-state index in [0.29, 0.717) is 29.5 Å². The van der Waals surface area contributed by atoms with Crippen LogP contribution in [0.4, 0.5) is 4.39 Å². The van der Waals surface area contributed by atoms with Gasteiger partial charge in [-0.2, -0.15) is 0 Å². The number of carbonyl (C=O) groups excluding carboxylic acids is 1. The maximum atomic E-state index is 15.0. The molecular formula is C19H16ClFN2O4. The lowest BCUT2D eigenvalue weighted by Crippen LogP contribution is -2.01. The highest BCUT2D eigenvalue weighted by atomic mass is 35.5. The SMILES string of the molecule is COc1cc(OC)c(Cl)c(-c2ccc(CCOC=O)c3nccnc23)c1F. The number of rotatable bonds is 7. The lowest BCUT2D eigenvalue weighted by molar-refractivity contribution is -0.128. The Labute approximate surface area is 159 Å². The van der Waals surface area contributed by atoms with E-state index in [1.54, 1.807) is 18.3 Å². The summed E-state index contributed by atoms with van der Waals surface area (Å²) in [6.45, 7) is 0.594. The number of aromatic nitrogens is 2. The molecule has 2 aromatic carbocycles. The molecule has 1 aromatic heterocycles. The minimum Gasteiger partial charge on any atom is -0.495 e. The second-order valence-electron chi connectivity index (χ2n) is 5.53. The van der Waals surface area contributed by atoms with Crippen molar-refractivity contribution in [2.45, 2.75) is 6.42 Å². The van der Waals surface area contributed by atoms with E-state index < -0.39 is 5.82 Å². The fraction of sp³-hybridized carbons (Fsp3) is 0.211. The van der Waals surface area contributed by atoms with Crippen LogP contribution in [0.3, 0.4) is 0 Å². The van der Waals surface area contributed by atoms with Crippen LogP contribution < -0.4 is 9.47 Å². The molecule has 0 unspecified atom stereocenters. The summed E-state index contributed by atoms with van der Waals surface area (Å²) < 4.78 is 30.1. The number of methoxy groups -OCH3 is 2. The zero-order valence-corrected chi connectivity index (χ0v) is 15.4. The standard InChI is InChI=1S/C19H16ClFN2O4/c1-25-13-9-14(26-2)17(21)15(16(13)20)12-4-3-11(5-8-27-10-24)18-19(12)23-7-6-22-18/h3-4,6-7,9-10H,5,8H2,1-2H3. The Morgan fingerprint density at radius 3 is 2.48 bits per heavy atom. The van der Waals surface area contributed by atoms with Crippen molar-refractivity contribution in [3.05, 3.63) is 47.0 Å². The van der Waals surface area contributed by atoms with Gasteiger partial charge in [0.25, 0.3) is 6.47 Å². The van der Waals surface area contributed by atoms with Gasteiger partial charge in [0, 0.05) is 36.0 Å². The summed E-state index contributed by atoms with van der Waals surface area (Å²) >= 11 is 6.39. The quantitative estimate of drug-likeness (QED) is 0.451. The molecule has 0 spiro atoms. The van der Waals surface area contributed by atoms with E-state index in [9.17, 15) is 4.79 Å². The number of carbonyl (C=O) groups is 1. The third-order valence-electron chi connectivity index (χ3n) is 4.11. The molecule has 0 saturated heterocycles. The largest absolute Gasteiger partial charge is 0.495 e. The predicted octanol–water partition coefficient (Wildman–Crippen LogP) is 3.82. The molecule has 27 heavy (non-hydrogen) atoms. The van der Waals surface area contributed by atoms with Gasteiger partial charge in [-0.1, -0.05) is 23.7 Å². The van der Waals surface area contributed by atoms with Gasteiger partial charge < -0.3 is 14.2 Å². The van der Waals surface area contributed by atoms with Crippen LogP contribution in [0.1, 0.15) is 5.56 Å². The number of nitrogens with zero attached hydrogens (tertiary/aromatic N) is 2. The van der Waals surface area contributed by atoms with E-state index >= 15 is 4.39 Å². The fourth-order valence-electron chi connectivity index (χ4n) is 2.85. The first-order valence-corrected chi connectivity index (χ1v) is 8.38. The van der Waals surface area contributed by atoms with Gasteiger partial charge >= 0.3 is 0 Å². The van der Waals surface area contributed by atoms with E-state index in [0.717, 1.165) is 5.56 Å². The minimum absolute atomic E-state index is 0.00625. The van der Waals surface area contributed by atoms with Crippen LogP contribution in [0.15, 0.2) is 30.6 Å². The Hall–Kier alpha value is -2.93. The van der Waals surface area contributed by atoms with Gasteiger partial charge in [-0.25, -0.2) is 4.39 Å². The van der Waals surface area contributed by atoms with Crippen molar-refractivity contribution in [2.75, 3.05) is 20.8 Å². The number of fused-ring (bicyclic) bond motifs is 1. The maximum Gasteiger partial charge on any atom is 0.293 e. The molecule has 0 amide bonds. The van der Waals surface area contributed by atoms with Gasteiger partial charge in [-0.15, -0.1) is 0 Å². The van der Waals surface area contributed by atoms with Crippen LogP contribution in [-0.2, 0) is 16.0 Å². The van der Waals surface area contributed by atoms with E-state index in [2.05, 4.69) is 9.97 Å². The van der Waals surface area contributed by atoms with Gasteiger partial charge in [-0.3, -0.25) is 14.8 Å². The Bertz CT molecular complexity index is 969. The number of ether oxygens (including phenoxy) is 3. The van der Waals surface area contributed by atoms with Gasteiger partial charge in [0.1, 0.15) is 5.75 Å². The highest BCUT2D eigenvalue weighted by molar-refractivity contribution is 6.35. The molecule has 0 aliphatic heterocycles. The first-order chi connectivity index (χ1) is 13.1. The Morgan fingerprint density at radius 2 is 1.81 bits per heavy atom. The average molecular weight is 391 g/mol. The number of hydrogen-bond acceptors (Lipinski definition) is 6. The van der Waals surface area contributed by atoms with Gasteiger partial charge in [0.15, 0.2) is 11.6 Å². The van der Waals surface area contributed by atoms with Crippen LogP contribution in [0, 0.1) is 5.82 Å². The summed E-state index contributed by atoms with van der Waals surface area (Å²) in [6, 6.07) is 4.87. The molecule has 3 rings (SSSR count). The Balaban J connectivity index is 2.24. The summed E-state index contributed by atoms with van der Waals surface area (Å²) in [6.07, 6.45) is 3.51. The van der Waals surface area contributed by atoms with Crippen LogP contribution in [0.2, 0.25) is 5.02 Å². The molecule has 0 radical (unpaired) electrons. The van der Waals surface area contributed by atoms with Crippen LogP contribution in [0.25, 0.3) is 22.2 Å². The molecule has 1 heterocycles. The number of hydrogen-bond donors (Lipinski definition) is 0. The van der Waals surface area contributed by atoms with E-state index in [1.165, 1.54) is 26.5 Å². The zero-order valence-electron chi connectivity index (χ0n) is 14.7. The lowest BCUT2D eigenvalue weighted by Gasteiger charge is -2.15. The summed E-state index contributed by atoms with van der Waals surface area (Å²) in [5.74, 6) is -0.329. The molecule has 0 fully saturated rings. The van der Waals surface area contributed by atoms with E-state index in [1.807, 2.05) is 0 Å². The molecule has 0 bridgehead atoms. The first kappa shape index (κ1) is 18.8. The zero-order chi connectivity index (χ0) is 19.4. The molecule has 0 atom stereocenters. The third kappa shape index (κ3) is 3.50. The third-order valence-corrected chi connectivity index (χ3v) is 4.48. The Kier molecular flexibility index (Phi) is 5.71. The number of benzene rings is 2. The van der Waals surface area contributed by atoms with Crippen molar-refractivity contribution in [1.29, 1.82) is 0 Å². The first-order valence-electron chi connectivity index (χ1n) is 8.00. The summed E-state index contributed by atoms with van der Waals surface area (Å²) in [5, 5.41) is 0.111. The fourth-order valence-corrected chi connectivity index (χ4v) is 3.17. The number of halogens is 2. The lowest BCUT2D eigenvalue weighted by atomic mass is 9.98. The highest BCUT2D eigenvalue weighted by Gasteiger charge is 2.22. The normalized spacial score (nSPS) is 10.7. The van der Waals surface area contributed by atoms with Crippen molar-refractivity contribution in [1.82, 2.24) is 9.97 Å². The molecule has 3 aromatic rings. The topological polar surface area (TPSA) is 70.5 Å². The van der Waals surface area contributed by atoms with Crippen LogP contribution in [-0.4, -0.2) is 37.3 Å². The smallest absolute Gasteiger partial charge is 0.293 e. The van der Waals surface area contributed by atoms with Crippen LogP contribution >= 0.6 is 11.6 Å². The van der Waals surface area contributed by atoms with Gasteiger partial charge in [0.05, 0.1) is 36.9 Å². The summed E-state index contributed by atoms with van der Waals surface area (Å²) in [7, 11) is 2.81. The summed E-state index contributed by atoms with van der Waals surface area (Å²) in [4.78, 5) is 19.1. The summed E-state index contributed by atoms with van der Waals surface area (Å²) in [5.41, 5.74) is 2.43. The van der Waals surface area contributed by atoms with E-state index in [-0.39, 0.29) is 28.7 Å². The molecule has 0 N–H and O–H groups in total. The van der Waals surface area contributed by atoms with Crippen molar-refractivity contribution < 1.29 is 23.4 Å². The highest BCUT2D eigenvalue weighted by Crippen LogP contribution is 2.43. The molecule has 0 aliphatic carbocycles. The predicted molar refractivity (Wildman–Crippen MR) is 98.8 cm³/mol. The molecular weight excluding hydrogens is 375 g/mol. The second-order valence-corrected chi connectivity index (χ2v) is 5.90. The molecule has 8 heteroatoms. The van der Waals surface area contributed by atoms with Gasteiger partial charge in [0.2, 0.25) is 0 Å².